The van der Waals surface area contributed by atoms with Crippen LogP contribution < -0.4 is 10.2 Å². The minimum atomic E-state index is -0.565. The first-order valence-corrected chi connectivity index (χ1v) is 6.48. The Bertz CT molecular complexity index is 448. The lowest BCUT2D eigenvalue weighted by Crippen LogP contribution is -2.53. The summed E-state index contributed by atoms with van der Waals surface area (Å²) in [6.45, 7) is 3.32. The fourth-order valence-electron chi connectivity index (χ4n) is 2.38. The molecule has 0 bridgehead atoms. The molecule has 1 aliphatic heterocycles. The number of aliphatic hydroxyl groups is 1. The molecule has 2 rings (SSSR count). The van der Waals surface area contributed by atoms with Crippen LogP contribution in [0.25, 0.3) is 0 Å². The van der Waals surface area contributed by atoms with E-state index >= 15 is 0 Å². The Morgan fingerprint density at radius 3 is 2.95 bits per heavy atom. The van der Waals surface area contributed by atoms with Crippen LogP contribution in [0.3, 0.4) is 0 Å². The highest BCUT2D eigenvalue weighted by Crippen LogP contribution is 2.28. The van der Waals surface area contributed by atoms with Gasteiger partial charge in [-0.1, -0.05) is 18.2 Å². The summed E-state index contributed by atoms with van der Waals surface area (Å²) in [6.07, 6.45) is -0.565. The molecular formula is C14H20N2O3. The zero-order valence-electron chi connectivity index (χ0n) is 11.3. The standard InChI is InChI=1S/C14H20N2O3/c1-10(17)11-5-3-4-6-12(11)16-7-8-19-9-13(16)14(18)15-2/h3-6,10,13,17H,7-9H2,1-2H3,(H,15,18). The largest absolute Gasteiger partial charge is 0.389 e. The zero-order chi connectivity index (χ0) is 13.8. The molecule has 1 heterocycles. The number of ether oxygens (including phenoxy) is 1. The van der Waals surface area contributed by atoms with Crippen LogP contribution in [0.5, 0.6) is 0 Å². The molecule has 5 nitrogen and oxygen atoms in total. The number of aliphatic hydroxyl groups excluding tert-OH is 1. The molecule has 0 radical (unpaired) electrons. The molecule has 2 N–H and O–H groups in total. The molecule has 2 unspecified atom stereocenters. The van der Waals surface area contributed by atoms with Gasteiger partial charge in [0, 0.05) is 24.8 Å². The quantitative estimate of drug-likeness (QED) is 0.843. The first-order valence-electron chi connectivity index (χ1n) is 6.48. The van der Waals surface area contributed by atoms with Crippen molar-refractivity contribution < 1.29 is 14.6 Å². The molecule has 5 heteroatoms. The summed E-state index contributed by atoms with van der Waals surface area (Å²) >= 11 is 0. The highest BCUT2D eigenvalue weighted by molar-refractivity contribution is 5.85. The van der Waals surface area contributed by atoms with Crippen LogP contribution in [0.2, 0.25) is 0 Å². The molecule has 1 amide bonds. The van der Waals surface area contributed by atoms with Gasteiger partial charge in [0.2, 0.25) is 5.91 Å². The normalized spacial score (nSPS) is 21.0. The Kier molecular flexibility index (Phi) is 4.39. The van der Waals surface area contributed by atoms with Crippen LogP contribution in [0.15, 0.2) is 24.3 Å². The van der Waals surface area contributed by atoms with Crippen molar-refractivity contribution in [3.8, 4) is 0 Å². The monoisotopic (exact) mass is 264 g/mol. The van der Waals surface area contributed by atoms with E-state index in [1.165, 1.54) is 0 Å². The average Bonchev–Trinajstić information content (AvgIpc) is 2.46. The second-order valence-corrected chi connectivity index (χ2v) is 4.63. The van der Waals surface area contributed by atoms with Gasteiger partial charge in [-0.3, -0.25) is 4.79 Å². The number of likely N-dealkylation sites (N-methyl/N-ethyl adjacent to an activating group) is 1. The highest BCUT2D eigenvalue weighted by atomic mass is 16.5. The third-order valence-electron chi connectivity index (χ3n) is 3.37. The van der Waals surface area contributed by atoms with Gasteiger partial charge in [0.25, 0.3) is 0 Å². The first-order chi connectivity index (χ1) is 9.15. The summed E-state index contributed by atoms with van der Waals surface area (Å²) in [6, 6.07) is 7.27. The molecule has 0 spiro atoms. The number of morpholine rings is 1. The van der Waals surface area contributed by atoms with Crippen molar-refractivity contribution in [3.63, 3.8) is 0 Å². The minimum absolute atomic E-state index is 0.0694. The highest BCUT2D eigenvalue weighted by Gasteiger charge is 2.30. The number of hydrogen-bond acceptors (Lipinski definition) is 4. The number of anilines is 1. The molecule has 1 aliphatic rings. The SMILES string of the molecule is CNC(=O)C1COCCN1c1ccccc1C(C)O. The summed E-state index contributed by atoms with van der Waals surface area (Å²) in [5.41, 5.74) is 1.73. The summed E-state index contributed by atoms with van der Waals surface area (Å²) in [5.74, 6) is -0.0694. The number of carbonyl (C=O) groups is 1. The molecule has 1 aromatic carbocycles. The molecule has 2 atom stereocenters. The van der Waals surface area contributed by atoms with Crippen LogP contribution in [-0.2, 0) is 9.53 Å². The molecule has 104 valence electrons. The Balaban J connectivity index is 2.35. The van der Waals surface area contributed by atoms with Gasteiger partial charge in [-0.25, -0.2) is 0 Å². The number of nitrogens with one attached hydrogen (secondary N) is 1. The van der Waals surface area contributed by atoms with Crippen LogP contribution in [0.4, 0.5) is 5.69 Å². The number of amides is 1. The number of para-hydroxylation sites is 1. The minimum Gasteiger partial charge on any atom is -0.389 e. The number of carbonyl (C=O) groups excluding carboxylic acids is 1. The third kappa shape index (κ3) is 2.88. The predicted octanol–water partition coefficient (Wildman–Crippen LogP) is 0.691. The van der Waals surface area contributed by atoms with Gasteiger partial charge in [0.05, 0.1) is 19.3 Å². The predicted molar refractivity (Wildman–Crippen MR) is 73.1 cm³/mol. The van der Waals surface area contributed by atoms with Crippen molar-refractivity contribution in [2.75, 3.05) is 31.7 Å². The Morgan fingerprint density at radius 2 is 2.26 bits per heavy atom. The van der Waals surface area contributed by atoms with Crippen molar-refractivity contribution in [2.24, 2.45) is 0 Å². The lowest BCUT2D eigenvalue weighted by Gasteiger charge is -2.37. The summed E-state index contributed by atoms with van der Waals surface area (Å²) in [5, 5.41) is 12.5. The van der Waals surface area contributed by atoms with E-state index in [9.17, 15) is 9.90 Å². The van der Waals surface area contributed by atoms with Gasteiger partial charge in [0.15, 0.2) is 0 Å². The molecule has 1 aromatic rings. The van der Waals surface area contributed by atoms with E-state index in [0.717, 1.165) is 11.3 Å². The summed E-state index contributed by atoms with van der Waals surface area (Å²) < 4.78 is 5.39. The average molecular weight is 264 g/mol. The smallest absolute Gasteiger partial charge is 0.244 e. The van der Waals surface area contributed by atoms with Gasteiger partial charge in [-0.15, -0.1) is 0 Å². The second kappa shape index (κ2) is 6.04. The Morgan fingerprint density at radius 1 is 1.53 bits per heavy atom. The van der Waals surface area contributed by atoms with Crippen molar-refractivity contribution in [2.45, 2.75) is 19.1 Å². The Hall–Kier alpha value is -1.59. The van der Waals surface area contributed by atoms with Crippen LogP contribution in [-0.4, -0.2) is 43.9 Å². The topological polar surface area (TPSA) is 61.8 Å². The lowest BCUT2D eigenvalue weighted by molar-refractivity contribution is -0.124. The molecule has 0 saturated carbocycles. The number of benzene rings is 1. The summed E-state index contributed by atoms with van der Waals surface area (Å²) in [4.78, 5) is 13.9. The van der Waals surface area contributed by atoms with Crippen molar-refractivity contribution >= 4 is 11.6 Å². The van der Waals surface area contributed by atoms with Gasteiger partial charge < -0.3 is 20.1 Å². The van der Waals surface area contributed by atoms with E-state index in [1.807, 2.05) is 29.2 Å². The third-order valence-corrected chi connectivity index (χ3v) is 3.37. The van der Waals surface area contributed by atoms with Gasteiger partial charge >= 0.3 is 0 Å². The second-order valence-electron chi connectivity index (χ2n) is 4.63. The molecule has 1 saturated heterocycles. The van der Waals surface area contributed by atoms with E-state index in [1.54, 1.807) is 14.0 Å². The molecular weight excluding hydrogens is 244 g/mol. The van der Waals surface area contributed by atoms with E-state index in [0.29, 0.717) is 19.8 Å². The summed E-state index contributed by atoms with van der Waals surface area (Å²) in [7, 11) is 1.62. The maximum Gasteiger partial charge on any atom is 0.244 e. The van der Waals surface area contributed by atoms with E-state index in [2.05, 4.69) is 5.32 Å². The molecule has 0 aliphatic carbocycles. The maximum absolute atomic E-state index is 11.9. The fraction of sp³-hybridized carbons (Fsp3) is 0.500. The molecule has 1 fully saturated rings. The van der Waals surface area contributed by atoms with Crippen LogP contribution in [0.1, 0.15) is 18.6 Å². The number of rotatable bonds is 3. The van der Waals surface area contributed by atoms with E-state index < -0.39 is 6.10 Å². The van der Waals surface area contributed by atoms with Gasteiger partial charge in [0.1, 0.15) is 6.04 Å². The van der Waals surface area contributed by atoms with E-state index in [-0.39, 0.29) is 11.9 Å². The lowest BCUT2D eigenvalue weighted by atomic mass is 10.0. The first kappa shape index (κ1) is 13.8. The zero-order valence-corrected chi connectivity index (χ0v) is 11.3. The van der Waals surface area contributed by atoms with Crippen molar-refractivity contribution in [3.05, 3.63) is 29.8 Å². The van der Waals surface area contributed by atoms with Crippen LogP contribution >= 0.6 is 0 Å². The van der Waals surface area contributed by atoms with Gasteiger partial charge in [-0.05, 0) is 13.0 Å². The van der Waals surface area contributed by atoms with Crippen molar-refractivity contribution in [1.82, 2.24) is 5.32 Å². The molecule has 0 aromatic heterocycles. The number of nitrogens with zero attached hydrogens (tertiary/aromatic N) is 1. The van der Waals surface area contributed by atoms with Crippen LogP contribution in [0, 0.1) is 0 Å². The van der Waals surface area contributed by atoms with Gasteiger partial charge in [-0.2, -0.15) is 0 Å². The van der Waals surface area contributed by atoms with Crippen molar-refractivity contribution in [1.29, 1.82) is 0 Å². The molecule has 19 heavy (non-hydrogen) atoms. The van der Waals surface area contributed by atoms with E-state index in [4.69, 9.17) is 4.74 Å². The fourth-order valence-corrected chi connectivity index (χ4v) is 2.38. The Labute approximate surface area is 113 Å². The maximum atomic E-state index is 11.9. The number of hydrogen-bond donors (Lipinski definition) is 2.